The molecule has 5 nitrogen and oxygen atoms in total. The quantitative estimate of drug-likeness (QED) is 0.716. The van der Waals surface area contributed by atoms with Crippen LogP contribution < -0.4 is 0 Å². The van der Waals surface area contributed by atoms with Crippen molar-refractivity contribution in [2.45, 2.75) is 25.3 Å². The van der Waals surface area contributed by atoms with E-state index in [1.165, 1.54) is 18.2 Å². The van der Waals surface area contributed by atoms with Gasteiger partial charge in [0.25, 0.3) is 5.91 Å². The van der Waals surface area contributed by atoms with Gasteiger partial charge < -0.3 is 4.90 Å². The van der Waals surface area contributed by atoms with Gasteiger partial charge in [-0.2, -0.15) is 5.10 Å². The van der Waals surface area contributed by atoms with Crippen molar-refractivity contribution in [2.24, 2.45) is 0 Å². The Bertz CT molecular complexity index is 960. The van der Waals surface area contributed by atoms with E-state index in [0.29, 0.717) is 12.1 Å². The third-order valence-electron chi connectivity index (χ3n) is 4.92. The second-order valence-electron chi connectivity index (χ2n) is 6.57. The highest BCUT2D eigenvalue weighted by Crippen LogP contribution is 2.36. The topological polar surface area (TPSA) is 61.9 Å². The van der Waals surface area contributed by atoms with Gasteiger partial charge in [-0.15, -0.1) is 0 Å². The van der Waals surface area contributed by atoms with Gasteiger partial charge >= 0.3 is 0 Å². The Morgan fingerprint density at radius 3 is 2.81 bits per heavy atom. The number of aromatic nitrogens is 3. The van der Waals surface area contributed by atoms with E-state index in [-0.39, 0.29) is 17.0 Å². The van der Waals surface area contributed by atoms with Gasteiger partial charge in [0.1, 0.15) is 5.82 Å². The van der Waals surface area contributed by atoms with Gasteiger partial charge in [0.05, 0.1) is 23.0 Å². The van der Waals surface area contributed by atoms with Crippen LogP contribution in [0.1, 0.15) is 41.4 Å². The molecule has 27 heavy (non-hydrogen) atoms. The van der Waals surface area contributed by atoms with Gasteiger partial charge in [-0.1, -0.05) is 11.6 Å². The number of benzene rings is 1. The zero-order valence-corrected chi connectivity index (χ0v) is 15.3. The van der Waals surface area contributed by atoms with Crippen LogP contribution in [0.15, 0.2) is 48.9 Å². The van der Waals surface area contributed by atoms with E-state index in [9.17, 15) is 9.18 Å². The summed E-state index contributed by atoms with van der Waals surface area (Å²) in [6, 6.07) is 7.81. The molecule has 2 aromatic heterocycles. The predicted molar refractivity (Wildman–Crippen MR) is 101 cm³/mol. The van der Waals surface area contributed by atoms with Crippen LogP contribution in [0.2, 0.25) is 5.02 Å². The summed E-state index contributed by atoms with van der Waals surface area (Å²) in [6.07, 6.45) is 8.02. The molecule has 0 saturated carbocycles. The van der Waals surface area contributed by atoms with Gasteiger partial charge in [0, 0.05) is 30.1 Å². The molecule has 1 saturated heterocycles. The number of rotatable bonds is 3. The Hall–Kier alpha value is -2.73. The van der Waals surface area contributed by atoms with Crippen LogP contribution >= 0.6 is 11.6 Å². The normalized spacial score (nSPS) is 17.1. The smallest absolute Gasteiger partial charge is 0.254 e. The average molecular weight is 385 g/mol. The van der Waals surface area contributed by atoms with Crippen molar-refractivity contribution in [3.05, 3.63) is 71.0 Å². The molecule has 1 aliphatic rings. The molecule has 7 heteroatoms. The van der Waals surface area contributed by atoms with Crippen LogP contribution in [0, 0.1) is 5.82 Å². The van der Waals surface area contributed by atoms with Crippen LogP contribution in [0.3, 0.4) is 0 Å². The van der Waals surface area contributed by atoms with E-state index in [1.807, 2.05) is 17.0 Å². The first kappa shape index (κ1) is 17.7. The molecule has 1 fully saturated rings. The fourth-order valence-electron chi connectivity index (χ4n) is 3.58. The van der Waals surface area contributed by atoms with Crippen molar-refractivity contribution in [3.8, 4) is 11.1 Å². The van der Waals surface area contributed by atoms with E-state index < -0.39 is 5.82 Å². The Morgan fingerprint density at radius 2 is 2.04 bits per heavy atom. The van der Waals surface area contributed by atoms with Crippen molar-refractivity contribution in [1.82, 2.24) is 20.1 Å². The van der Waals surface area contributed by atoms with Gasteiger partial charge in [-0.05, 0) is 55.2 Å². The number of carbonyl (C=O) groups is 1. The molecule has 138 valence electrons. The van der Waals surface area contributed by atoms with Crippen molar-refractivity contribution < 1.29 is 9.18 Å². The molecule has 0 unspecified atom stereocenters. The number of nitrogens with one attached hydrogen (secondary N) is 1. The summed E-state index contributed by atoms with van der Waals surface area (Å²) in [5.74, 6) is -0.686. The molecule has 3 aromatic rings. The molecule has 0 spiro atoms. The van der Waals surface area contributed by atoms with Crippen molar-refractivity contribution >= 4 is 17.5 Å². The van der Waals surface area contributed by atoms with E-state index in [0.717, 1.165) is 36.1 Å². The van der Waals surface area contributed by atoms with Gasteiger partial charge in [-0.3, -0.25) is 14.9 Å². The number of aromatic amines is 1. The molecule has 1 aliphatic heterocycles. The van der Waals surface area contributed by atoms with E-state index in [4.69, 9.17) is 11.6 Å². The highest BCUT2D eigenvalue weighted by molar-refractivity contribution is 6.31. The Kier molecular flexibility index (Phi) is 4.90. The Balaban J connectivity index is 1.69. The number of piperidine rings is 1. The number of carbonyl (C=O) groups excluding carboxylic acids is 1. The average Bonchev–Trinajstić information content (AvgIpc) is 3.20. The van der Waals surface area contributed by atoms with Gasteiger partial charge in [-0.25, -0.2) is 4.39 Å². The number of hydrogen-bond donors (Lipinski definition) is 1. The summed E-state index contributed by atoms with van der Waals surface area (Å²) in [4.78, 5) is 19.0. The fraction of sp³-hybridized carbons (Fsp3) is 0.250. The van der Waals surface area contributed by atoms with Gasteiger partial charge in [0.15, 0.2) is 0 Å². The molecule has 1 amide bonds. The summed E-state index contributed by atoms with van der Waals surface area (Å²) in [7, 11) is 0. The van der Waals surface area contributed by atoms with Crippen molar-refractivity contribution in [1.29, 1.82) is 0 Å². The van der Waals surface area contributed by atoms with Crippen LogP contribution in [0.25, 0.3) is 11.1 Å². The minimum absolute atomic E-state index is 0.0478. The molecule has 1 atom stereocenters. The molecule has 0 radical (unpaired) electrons. The Morgan fingerprint density at radius 1 is 1.22 bits per heavy atom. The standard InChI is InChI=1S/C20H18ClFN4O/c21-16-11-14(4-5-17(16)22)20(27)26-10-2-1-3-18(26)19-15(12-24-25-19)13-6-8-23-9-7-13/h4-9,11-12,18H,1-3,10H2,(H,24,25)/t18-/m0/s1. The van der Waals surface area contributed by atoms with E-state index in [2.05, 4.69) is 15.2 Å². The van der Waals surface area contributed by atoms with Crippen LogP contribution in [0.4, 0.5) is 4.39 Å². The van der Waals surface area contributed by atoms with Crippen LogP contribution in [-0.2, 0) is 0 Å². The predicted octanol–water partition coefficient (Wildman–Crippen LogP) is 4.63. The first-order chi connectivity index (χ1) is 13.1. The highest BCUT2D eigenvalue weighted by Gasteiger charge is 2.31. The SMILES string of the molecule is O=C(c1ccc(F)c(Cl)c1)N1CCCC[C@H]1c1[nH]ncc1-c1ccncc1. The van der Waals surface area contributed by atoms with Crippen LogP contribution in [-0.4, -0.2) is 32.5 Å². The number of halogens is 2. The molecule has 0 bridgehead atoms. The third-order valence-corrected chi connectivity index (χ3v) is 5.21. The zero-order chi connectivity index (χ0) is 18.8. The Labute approximate surface area is 161 Å². The third kappa shape index (κ3) is 3.45. The second kappa shape index (κ2) is 7.48. The van der Waals surface area contributed by atoms with Gasteiger partial charge in [0.2, 0.25) is 0 Å². The van der Waals surface area contributed by atoms with E-state index >= 15 is 0 Å². The monoisotopic (exact) mass is 384 g/mol. The highest BCUT2D eigenvalue weighted by atomic mass is 35.5. The maximum absolute atomic E-state index is 13.5. The summed E-state index contributed by atoms with van der Waals surface area (Å²) >= 11 is 5.87. The maximum Gasteiger partial charge on any atom is 0.254 e. The van der Waals surface area contributed by atoms with Crippen molar-refractivity contribution in [2.75, 3.05) is 6.54 Å². The lowest BCUT2D eigenvalue weighted by molar-refractivity contribution is 0.0606. The molecule has 1 aromatic carbocycles. The molecule has 1 N–H and O–H groups in total. The van der Waals surface area contributed by atoms with E-state index in [1.54, 1.807) is 18.6 Å². The largest absolute Gasteiger partial charge is 0.330 e. The molecular formula is C20H18ClFN4O. The second-order valence-corrected chi connectivity index (χ2v) is 6.98. The summed E-state index contributed by atoms with van der Waals surface area (Å²) in [6.45, 7) is 0.632. The molecule has 0 aliphatic carbocycles. The minimum atomic E-state index is -0.531. The number of hydrogen-bond acceptors (Lipinski definition) is 3. The first-order valence-electron chi connectivity index (χ1n) is 8.85. The fourth-order valence-corrected chi connectivity index (χ4v) is 3.76. The summed E-state index contributed by atoms with van der Waals surface area (Å²) in [5.41, 5.74) is 3.25. The van der Waals surface area contributed by atoms with Crippen LogP contribution in [0.5, 0.6) is 0 Å². The number of likely N-dealkylation sites (tertiary alicyclic amines) is 1. The lowest BCUT2D eigenvalue weighted by atomic mass is 9.94. The molecular weight excluding hydrogens is 367 g/mol. The summed E-state index contributed by atoms with van der Waals surface area (Å²) in [5, 5.41) is 7.24. The lowest BCUT2D eigenvalue weighted by Gasteiger charge is -2.35. The summed E-state index contributed by atoms with van der Waals surface area (Å²) < 4.78 is 13.5. The maximum atomic E-state index is 13.5. The minimum Gasteiger partial charge on any atom is -0.330 e. The molecule has 3 heterocycles. The first-order valence-corrected chi connectivity index (χ1v) is 9.22. The number of amides is 1. The molecule has 4 rings (SSSR count). The van der Waals surface area contributed by atoms with Crippen molar-refractivity contribution in [3.63, 3.8) is 0 Å². The number of H-pyrrole nitrogens is 1. The number of pyridine rings is 1. The number of nitrogens with zero attached hydrogens (tertiary/aromatic N) is 3. The zero-order valence-electron chi connectivity index (χ0n) is 14.5. The lowest BCUT2D eigenvalue weighted by Crippen LogP contribution is -2.39.